The van der Waals surface area contributed by atoms with Gasteiger partial charge in [-0.05, 0) is 38.2 Å². The number of hydrogen-bond acceptors (Lipinski definition) is 5. The number of aryl methyl sites for hydroxylation is 2. The van der Waals surface area contributed by atoms with Crippen molar-refractivity contribution in [2.45, 2.75) is 51.6 Å². The summed E-state index contributed by atoms with van der Waals surface area (Å²) in [7, 11) is 1.80. The molecule has 1 fully saturated rings. The highest BCUT2D eigenvalue weighted by atomic mass is 16.2. The number of likely N-dealkylation sites (tertiary alicyclic amines) is 1. The Kier molecular flexibility index (Phi) is 5.66. The molecule has 0 aliphatic carbocycles. The van der Waals surface area contributed by atoms with E-state index in [0.717, 1.165) is 36.1 Å². The fourth-order valence-electron chi connectivity index (χ4n) is 4.82. The first-order valence-electron chi connectivity index (χ1n) is 11.5. The second-order valence-electron chi connectivity index (χ2n) is 8.85. The number of amides is 2. The maximum absolute atomic E-state index is 13.3. The van der Waals surface area contributed by atoms with Crippen molar-refractivity contribution in [3.63, 3.8) is 0 Å². The van der Waals surface area contributed by atoms with Crippen LogP contribution in [0, 0.1) is 6.92 Å². The van der Waals surface area contributed by atoms with E-state index in [4.69, 9.17) is 9.97 Å². The minimum Gasteiger partial charge on any atom is -0.328 e. The van der Waals surface area contributed by atoms with E-state index in [1.165, 1.54) is 0 Å². The Bertz CT molecular complexity index is 1190. The largest absolute Gasteiger partial charge is 0.328 e. The van der Waals surface area contributed by atoms with Gasteiger partial charge in [0.1, 0.15) is 5.82 Å². The first kappa shape index (κ1) is 21.3. The van der Waals surface area contributed by atoms with E-state index >= 15 is 0 Å². The highest BCUT2D eigenvalue weighted by Gasteiger charge is 2.34. The number of nitrogens with zero attached hydrogens (tertiary/aromatic N) is 6. The third-order valence-electron chi connectivity index (χ3n) is 6.55. The number of carbonyl (C=O) groups is 2. The van der Waals surface area contributed by atoms with Crippen molar-refractivity contribution in [2.75, 3.05) is 11.4 Å². The Morgan fingerprint density at radius 3 is 2.70 bits per heavy atom. The van der Waals surface area contributed by atoms with Gasteiger partial charge >= 0.3 is 0 Å². The van der Waals surface area contributed by atoms with Crippen molar-refractivity contribution in [1.82, 2.24) is 24.6 Å². The molecule has 0 bridgehead atoms. The summed E-state index contributed by atoms with van der Waals surface area (Å²) in [6.45, 7) is 3.12. The van der Waals surface area contributed by atoms with Gasteiger partial charge in [0.05, 0.1) is 24.3 Å². The van der Waals surface area contributed by atoms with E-state index in [1.54, 1.807) is 29.0 Å². The van der Waals surface area contributed by atoms with Crippen LogP contribution in [0.4, 0.5) is 5.82 Å². The normalized spacial score (nSPS) is 18.4. The van der Waals surface area contributed by atoms with Gasteiger partial charge in [-0.25, -0.2) is 9.97 Å². The SMILES string of the molecule is Cc1nc(C2CCCCN2C(=O)c2cnn(C)c2)nc2c1CCC(=O)N2Cc1ccccc1. The first-order chi connectivity index (χ1) is 16.0. The van der Waals surface area contributed by atoms with Crippen LogP contribution in [0.5, 0.6) is 0 Å². The van der Waals surface area contributed by atoms with Gasteiger partial charge in [0, 0.05) is 37.5 Å². The number of carbonyl (C=O) groups excluding carboxylic acids is 2. The average molecular weight is 445 g/mol. The molecule has 0 N–H and O–H groups in total. The molecule has 1 atom stereocenters. The van der Waals surface area contributed by atoms with E-state index in [-0.39, 0.29) is 17.9 Å². The summed E-state index contributed by atoms with van der Waals surface area (Å²) >= 11 is 0. The van der Waals surface area contributed by atoms with Crippen molar-refractivity contribution >= 4 is 17.6 Å². The van der Waals surface area contributed by atoms with Crippen molar-refractivity contribution in [3.8, 4) is 0 Å². The molecule has 1 unspecified atom stereocenters. The van der Waals surface area contributed by atoms with Crippen LogP contribution in [0.15, 0.2) is 42.7 Å². The van der Waals surface area contributed by atoms with E-state index in [9.17, 15) is 9.59 Å². The summed E-state index contributed by atoms with van der Waals surface area (Å²) < 4.78 is 1.64. The highest BCUT2D eigenvalue weighted by molar-refractivity contribution is 5.95. The lowest BCUT2D eigenvalue weighted by Gasteiger charge is -2.36. The molecule has 4 heterocycles. The molecule has 8 nitrogen and oxygen atoms in total. The lowest BCUT2D eigenvalue weighted by atomic mass is 9.98. The molecule has 2 aliphatic heterocycles. The number of rotatable bonds is 4. The number of piperidine rings is 1. The molecule has 8 heteroatoms. The van der Waals surface area contributed by atoms with Crippen molar-refractivity contribution in [2.24, 2.45) is 7.05 Å². The van der Waals surface area contributed by atoms with E-state index < -0.39 is 0 Å². The van der Waals surface area contributed by atoms with Gasteiger partial charge in [0.2, 0.25) is 5.91 Å². The summed E-state index contributed by atoms with van der Waals surface area (Å²) in [6, 6.07) is 9.75. The molecule has 5 rings (SSSR count). The van der Waals surface area contributed by atoms with Crippen molar-refractivity contribution < 1.29 is 9.59 Å². The molecule has 0 saturated carbocycles. The molecule has 0 spiro atoms. The van der Waals surface area contributed by atoms with Gasteiger partial charge in [0.15, 0.2) is 5.82 Å². The molecule has 2 amide bonds. The zero-order valence-corrected chi connectivity index (χ0v) is 19.1. The topological polar surface area (TPSA) is 84.2 Å². The summed E-state index contributed by atoms with van der Waals surface area (Å²) in [5, 5.41) is 4.15. The van der Waals surface area contributed by atoms with E-state index in [0.29, 0.717) is 43.1 Å². The zero-order valence-electron chi connectivity index (χ0n) is 19.1. The van der Waals surface area contributed by atoms with Crippen LogP contribution in [-0.2, 0) is 24.8 Å². The zero-order chi connectivity index (χ0) is 22.9. The molecule has 1 saturated heterocycles. The lowest BCUT2D eigenvalue weighted by Crippen LogP contribution is -2.40. The molecule has 2 aromatic heterocycles. The van der Waals surface area contributed by atoms with Crippen LogP contribution >= 0.6 is 0 Å². The second-order valence-corrected chi connectivity index (χ2v) is 8.85. The van der Waals surface area contributed by atoms with E-state index in [1.807, 2.05) is 42.2 Å². The van der Waals surface area contributed by atoms with Crippen LogP contribution in [0.3, 0.4) is 0 Å². The molecular formula is C25H28N6O2. The Hall–Kier alpha value is -3.55. The van der Waals surface area contributed by atoms with Gasteiger partial charge in [-0.2, -0.15) is 5.10 Å². The van der Waals surface area contributed by atoms with Crippen LogP contribution in [-0.4, -0.2) is 43.0 Å². The smallest absolute Gasteiger partial charge is 0.257 e. The second kappa shape index (κ2) is 8.77. The Morgan fingerprint density at radius 1 is 1.12 bits per heavy atom. The van der Waals surface area contributed by atoms with Crippen LogP contribution in [0.25, 0.3) is 0 Å². The van der Waals surface area contributed by atoms with Gasteiger partial charge in [-0.1, -0.05) is 30.3 Å². The van der Waals surface area contributed by atoms with Crippen LogP contribution in [0.1, 0.15) is 64.7 Å². The minimum absolute atomic E-state index is 0.0519. The van der Waals surface area contributed by atoms with Gasteiger partial charge in [-0.3, -0.25) is 19.2 Å². The number of benzene rings is 1. The Balaban J connectivity index is 1.51. The fourth-order valence-corrected chi connectivity index (χ4v) is 4.82. The lowest BCUT2D eigenvalue weighted by molar-refractivity contribution is -0.119. The van der Waals surface area contributed by atoms with Crippen molar-refractivity contribution in [1.29, 1.82) is 0 Å². The summed E-state index contributed by atoms with van der Waals surface area (Å²) in [6.07, 6.45) is 7.21. The number of anilines is 1. The van der Waals surface area contributed by atoms with E-state index in [2.05, 4.69) is 5.10 Å². The maximum Gasteiger partial charge on any atom is 0.257 e. The molecule has 3 aromatic rings. The first-order valence-corrected chi connectivity index (χ1v) is 11.5. The predicted molar refractivity (Wildman–Crippen MR) is 124 cm³/mol. The van der Waals surface area contributed by atoms with Crippen molar-refractivity contribution in [3.05, 3.63) is 70.9 Å². The molecule has 0 radical (unpaired) electrons. The monoisotopic (exact) mass is 444 g/mol. The number of aromatic nitrogens is 4. The number of fused-ring (bicyclic) bond motifs is 1. The maximum atomic E-state index is 13.3. The quantitative estimate of drug-likeness (QED) is 0.616. The Morgan fingerprint density at radius 2 is 1.94 bits per heavy atom. The fraction of sp³-hybridized carbons (Fsp3) is 0.400. The third-order valence-corrected chi connectivity index (χ3v) is 6.55. The third kappa shape index (κ3) is 4.13. The predicted octanol–water partition coefficient (Wildman–Crippen LogP) is 3.37. The number of hydrogen-bond donors (Lipinski definition) is 0. The van der Waals surface area contributed by atoms with Gasteiger partial charge < -0.3 is 4.90 Å². The highest BCUT2D eigenvalue weighted by Crippen LogP contribution is 2.35. The average Bonchev–Trinajstić information content (AvgIpc) is 3.27. The Labute approximate surface area is 193 Å². The molecule has 33 heavy (non-hydrogen) atoms. The summed E-state index contributed by atoms with van der Waals surface area (Å²) in [4.78, 5) is 39.6. The van der Waals surface area contributed by atoms with Gasteiger partial charge in [-0.15, -0.1) is 0 Å². The minimum atomic E-state index is -0.217. The molecule has 170 valence electrons. The van der Waals surface area contributed by atoms with Crippen LogP contribution < -0.4 is 4.90 Å². The summed E-state index contributed by atoms with van der Waals surface area (Å²) in [5.74, 6) is 1.33. The molecular weight excluding hydrogens is 416 g/mol. The van der Waals surface area contributed by atoms with Crippen LogP contribution in [0.2, 0.25) is 0 Å². The molecule has 1 aromatic carbocycles. The summed E-state index contributed by atoms with van der Waals surface area (Å²) in [5.41, 5.74) is 3.54. The van der Waals surface area contributed by atoms with Gasteiger partial charge in [0.25, 0.3) is 5.91 Å². The molecule has 2 aliphatic rings. The standard InChI is InChI=1S/C25H28N6O2/c1-17-20-11-12-22(32)31(15-18-8-4-3-5-9-18)24(20)28-23(27-17)21-10-6-7-13-30(21)25(33)19-14-26-29(2)16-19/h3-5,8-9,14,16,21H,6-7,10-13,15H2,1-2H3.